The number of nitrogens with one attached hydrogen (secondary N) is 1. The third-order valence-corrected chi connectivity index (χ3v) is 2.13. The van der Waals surface area contributed by atoms with Gasteiger partial charge in [0.1, 0.15) is 11.5 Å². The van der Waals surface area contributed by atoms with Gasteiger partial charge in [-0.3, -0.25) is 10.1 Å². The number of anilines is 1. The van der Waals surface area contributed by atoms with Crippen molar-refractivity contribution in [2.24, 2.45) is 0 Å². The van der Waals surface area contributed by atoms with Crippen molar-refractivity contribution >= 4 is 5.69 Å². The predicted octanol–water partition coefficient (Wildman–Crippen LogP) is 3.49. The average molecular weight is 248 g/mol. The van der Waals surface area contributed by atoms with E-state index in [2.05, 4.69) is 11.9 Å². The van der Waals surface area contributed by atoms with E-state index in [0.717, 1.165) is 0 Å². The maximum absolute atomic E-state index is 13.4. The van der Waals surface area contributed by atoms with E-state index in [1.807, 2.05) is 0 Å². The lowest BCUT2D eigenvalue weighted by Gasteiger charge is -2.08. The van der Waals surface area contributed by atoms with Crippen molar-refractivity contribution in [1.82, 2.24) is 0 Å². The van der Waals surface area contributed by atoms with Crippen LogP contribution in [0.1, 0.15) is 6.92 Å². The summed E-state index contributed by atoms with van der Waals surface area (Å²) >= 11 is 0. The fourth-order valence-electron chi connectivity index (χ4n) is 1.21. The second kappa shape index (κ2) is 6.34. The van der Waals surface area contributed by atoms with Crippen LogP contribution in [0, 0.1) is 15.9 Å². The lowest BCUT2D eigenvalue weighted by atomic mass is 10.2. The molecule has 18 heavy (non-hydrogen) atoms. The summed E-state index contributed by atoms with van der Waals surface area (Å²) in [5.41, 5.74) is -0.0178. The van der Waals surface area contributed by atoms with Crippen LogP contribution in [0.15, 0.2) is 60.5 Å². The van der Waals surface area contributed by atoms with Gasteiger partial charge in [0.2, 0.25) is 0 Å². The minimum absolute atomic E-state index is 0.142. The second-order valence-electron chi connectivity index (χ2n) is 3.41. The molecular formula is C13H13FN2O2. The predicted molar refractivity (Wildman–Crippen MR) is 69.1 cm³/mol. The number of hydrogen-bond donors (Lipinski definition) is 1. The highest BCUT2D eigenvalue weighted by Crippen LogP contribution is 2.18. The van der Waals surface area contributed by atoms with Gasteiger partial charge >= 0.3 is 0 Å². The highest BCUT2D eigenvalue weighted by atomic mass is 19.1. The average Bonchev–Trinajstić information content (AvgIpc) is 2.35. The zero-order chi connectivity index (χ0) is 13.5. The SMILES string of the molecule is C=C(/C(=C\C=C/C)Nc1ccccc1F)[N+](=O)[O-]. The summed E-state index contributed by atoms with van der Waals surface area (Å²) in [5.74, 6) is -0.486. The van der Waals surface area contributed by atoms with E-state index in [0.29, 0.717) is 0 Å². The summed E-state index contributed by atoms with van der Waals surface area (Å²) in [4.78, 5) is 10.1. The number of rotatable bonds is 5. The van der Waals surface area contributed by atoms with Crippen LogP contribution in [0.3, 0.4) is 0 Å². The molecule has 0 fully saturated rings. The van der Waals surface area contributed by atoms with Crippen LogP contribution in [-0.4, -0.2) is 4.92 Å². The van der Waals surface area contributed by atoms with Crippen LogP contribution in [0.2, 0.25) is 0 Å². The standard InChI is InChI=1S/C13H13FN2O2/c1-3-4-8-12(10(2)16(17)18)15-13-9-6-5-7-11(13)14/h3-9,15H,2H2,1H3/b4-3-,12-8+. The fourth-order valence-corrected chi connectivity index (χ4v) is 1.21. The van der Waals surface area contributed by atoms with Gasteiger partial charge in [-0.05, 0) is 31.7 Å². The Hall–Kier alpha value is -2.43. The summed E-state index contributed by atoms with van der Waals surface area (Å²) in [6.45, 7) is 5.12. The quantitative estimate of drug-likeness (QED) is 0.493. The maximum Gasteiger partial charge on any atom is 0.285 e. The van der Waals surface area contributed by atoms with E-state index in [1.165, 1.54) is 24.3 Å². The van der Waals surface area contributed by atoms with Crippen molar-refractivity contribution in [1.29, 1.82) is 0 Å². The van der Waals surface area contributed by atoms with Crippen molar-refractivity contribution in [3.05, 3.63) is 76.4 Å². The molecule has 0 radical (unpaired) electrons. The van der Waals surface area contributed by atoms with Gasteiger partial charge in [-0.1, -0.05) is 24.3 Å². The van der Waals surface area contributed by atoms with Crippen LogP contribution in [0.5, 0.6) is 0 Å². The molecule has 0 atom stereocenters. The molecule has 94 valence electrons. The van der Waals surface area contributed by atoms with Gasteiger partial charge in [0.05, 0.1) is 10.6 Å². The molecule has 1 rings (SSSR count). The number of benzene rings is 1. The van der Waals surface area contributed by atoms with E-state index < -0.39 is 10.7 Å². The molecule has 0 unspecified atom stereocenters. The Morgan fingerprint density at radius 1 is 1.50 bits per heavy atom. The highest BCUT2D eigenvalue weighted by Gasteiger charge is 2.14. The van der Waals surface area contributed by atoms with Gasteiger partial charge < -0.3 is 5.32 Å². The number of hydrogen-bond acceptors (Lipinski definition) is 3. The Morgan fingerprint density at radius 3 is 2.72 bits per heavy atom. The second-order valence-corrected chi connectivity index (χ2v) is 3.41. The summed E-state index contributed by atoms with van der Waals surface area (Å²) in [7, 11) is 0. The number of halogens is 1. The Balaban J connectivity index is 3.03. The summed E-state index contributed by atoms with van der Waals surface area (Å²) in [6.07, 6.45) is 4.78. The lowest BCUT2D eigenvalue weighted by molar-refractivity contribution is -0.419. The zero-order valence-electron chi connectivity index (χ0n) is 9.89. The highest BCUT2D eigenvalue weighted by molar-refractivity contribution is 5.53. The molecule has 4 nitrogen and oxygen atoms in total. The Kier molecular flexibility index (Phi) is 4.80. The van der Waals surface area contributed by atoms with Gasteiger partial charge in [-0.2, -0.15) is 0 Å². The van der Waals surface area contributed by atoms with E-state index in [4.69, 9.17) is 0 Å². The molecule has 0 saturated carbocycles. The number of nitrogens with zero attached hydrogens (tertiary/aromatic N) is 1. The Labute approximate surface area is 104 Å². The Morgan fingerprint density at radius 2 is 2.17 bits per heavy atom. The van der Waals surface area contributed by atoms with Gasteiger partial charge in [-0.25, -0.2) is 4.39 Å². The van der Waals surface area contributed by atoms with Gasteiger partial charge in [0.25, 0.3) is 5.70 Å². The van der Waals surface area contributed by atoms with Crippen LogP contribution in [-0.2, 0) is 0 Å². The number of nitro groups is 1. The normalized spacial score (nSPS) is 11.6. The summed E-state index contributed by atoms with van der Waals surface area (Å²) in [6, 6.07) is 5.93. The monoisotopic (exact) mass is 248 g/mol. The molecule has 1 N–H and O–H groups in total. The largest absolute Gasteiger partial charge is 0.348 e. The molecule has 5 heteroatoms. The molecule has 0 spiro atoms. The van der Waals surface area contributed by atoms with E-state index in [1.54, 1.807) is 25.1 Å². The fraction of sp³-hybridized carbons (Fsp3) is 0.0769. The maximum atomic E-state index is 13.4. The first-order chi connectivity index (χ1) is 8.56. The molecule has 0 saturated heterocycles. The van der Waals surface area contributed by atoms with Crippen LogP contribution < -0.4 is 5.32 Å². The van der Waals surface area contributed by atoms with E-state index in [9.17, 15) is 14.5 Å². The molecule has 0 bridgehead atoms. The molecule has 0 aliphatic carbocycles. The first kappa shape index (κ1) is 13.6. The van der Waals surface area contributed by atoms with E-state index in [-0.39, 0.29) is 17.1 Å². The van der Waals surface area contributed by atoms with Crippen molar-refractivity contribution < 1.29 is 9.31 Å². The van der Waals surface area contributed by atoms with Gasteiger partial charge in [0.15, 0.2) is 0 Å². The van der Waals surface area contributed by atoms with Gasteiger partial charge in [-0.15, -0.1) is 0 Å². The first-order valence-electron chi connectivity index (χ1n) is 5.24. The molecule has 0 heterocycles. The summed E-state index contributed by atoms with van der Waals surface area (Å²) < 4.78 is 13.4. The van der Waals surface area contributed by atoms with E-state index >= 15 is 0 Å². The van der Waals surface area contributed by atoms with Crippen molar-refractivity contribution in [3.8, 4) is 0 Å². The molecule has 1 aromatic rings. The minimum atomic E-state index is -0.622. The summed E-state index contributed by atoms with van der Waals surface area (Å²) in [5, 5.41) is 13.3. The topological polar surface area (TPSA) is 55.2 Å². The molecule has 0 amide bonds. The Bertz CT molecular complexity index is 521. The third-order valence-electron chi connectivity index (χ3n) is 2.13. The molecule has 0 aliphatic rings. The molecule has 1 aromatic carbocycles. The van der Waals surface area contributed by atoms with Crippen molar-refractivity contribution in [2.45, 2.75) is 6.92 Å². The van der Waals surface area contributed by atoms with Crippen molar-refractivity contribution in [3.63, 3.8) is 0 Å². The minimum Gasteiger partial charge on any atom is -0.348 e. The van der Waals surface area contributed by atoms with Crippen LogP contribution in [0.25, 0.3) is 0 Å². The number of allylic oxidation sites excluding steroid dienone is 3. The van der Waals surface area contributed by atoms with Crippen LogP contribution in [0.4, 0.5) is 10.1 Å². The molecule has 0 aromatic heterocycles. The smallest absolute Gasteiger partial charge is 0.285 e. The number of para-hydroxylation sites is 1. The van der Waals surface area contributed by atoms with Crippen molar-refractivity contribution in [2.75, 3.05) is 5.32 Å². The molecule has 0 aliphatic heterocycles. The first-order valence-corrected chi connectivity index (χ1v) is 5.24. The zero-order valence-corrected chi connectivity index (χ0v) is 9.89. The third kappa shape index (κ3) is 3.55. The lowest BCUT2D eigenvalue weighted by Crippen LogP contribution is -2.09. The van der Waals surface area contributed by atoms with Crippen LogP contribution >= 0.6 is 0 Å². The molecular weight excluding hydrogens is 235 g/mol. The van der Waals surface area contributed by atoms with Gasteiger partial charge in [0, 0.05) is 0 Å².